The third-order valence-electron chi connectivity index (χ3n) is 5.77. The van der Waals surface area contributed by atoms with E-state index in [0.717, 1.165) is 54.2 Å². The van der Waals surface area contributed by atoms with Crippen LogP contribution in [0.15, 0.2) is 60.8 Å². The van der Waals surface area contributed by atoms with Crippen LogP contribution >= 0.6 is 11.6 Å². The molecule has 1 fully saturated rings. The Kier molecular flexibility index (Phi) is 6.81. The fraction of sp³-hybridized carbons (Fsp3) is 0.280. The second-order valence-corrected chi connectivity index (χ2v) is 8.32. The number of urea groups is 1. The highest BCUT2D eigenvalue weighted by Crippen LogP contribution is 2.35. The lowest BCUT2D eigenvalue weighted by atomic mass is 9.98. The second kappa shape index (κ2) is 9.92. The van der Waals surface area contributed by atoms with Crippen LogP contribution in [0.5, 0.6) is 5.75 Å². The van der Waals surface area contributed by atoms with Gasteiger partial charge < -0.3 is 20.3 Å². The molecule has 0 saturated carbocycles. The summed E-state index contributed by atoms with van der Waals surface area (Å²) in [5.41, 5.74) is 5.15. The fourth-order valence-electron chi connectivity index (χ4n) is 4.08. The minimum atomic E-state index is -0.190. The first-order valence-electron chi connectivity index (χ1n) is 10.7. The average molecular weight is 451 g/mol. The van der Waals surface area contributed by atoms with Crippen molar-refractivity contribution < 1.29 is 9.53 Å². The number of hydrogen-bond acceptors (Lipinski definition) is 4. The number of ether oxygens (including phenoxy) is 1. The number of anilines is 2. The van der Waals surface area contributed by atoms with Gasteiger partial charge in [-0.1, -0.05) is 23.7 Å². The quantitative estimate of drug-likeness (QED) is 0.538. The minimum Gasteiger partial charge on any atom is -0.497 e. The van der Waals surface area contributed by atoms with E-state index >= 15 is 0 Å². The highest BCUT2D eigenvalue weighted by atomic mass is 35.5. The molecule has 1 saturated heterocycles. The van der Waals surface area contributed by atoms with E-state index in [2.05, 4.69) is 38.7 Å². The lowest BCUT2D eigenvalue weighted by Gasteiger charge is -2.35. The van der Waals surface area contributed by atoms with Gasteiger partial charge in [-0.2, -0.15) is 0 Å². The Hall–Kier alpha value is -3.25. The van der Waals surface area contributed by atoms with E-state index in [1.807, 2.05) is 25.3 Å². The maximum atomic E-state index is 12.4. The average Bonchev–Trinajstić information content (AvgIpc) is 2.81. The fourth-order valence-corrected chi connectivity index (χ4v) is 4.21. The summed E-state index contributed by atoms with van der Waals surface area (Å²) < 4.78 is 5.30. The van der Waals surface area contributed by atoms with Crippen molar-refractivity contribution in [1.82, 2.24) is 10.3 Å². The molecule has 0 unspecified atom stereocenters. The molecule has 7 heteroatoms. The number of pyridine rings is 1. The van der Waals surface area contributed by atoms with E-state index in [9.17, 15) is 4.79 Å². The third-order valence-corrected chi connectivity index (χ3v) is 6.02. The van der Waals surface area contributed by atoms with Gasteiger partial charge in [-0.15, -0.1) is 0 Å². The summed E-state index contributed by atoms with van der Waals surface area (Å²) in [5.74, 6) is 0.834. The van der Waals surface area contributed by atoms with E-state index in [4.69, 9.17) is 16.3 Å². The summed E-state index contributed by atoms with van der Waals surface area (Å²) in [6.07, 6.45) is 3.61. The molecule has 0 bridgehead atoms. The molecular formula is C25H27ClN4O2. The van der Waals surface area contributed by atoms with Crippen LogP contribution in [0.3, 0.4) is 0 Å². The summed E-state index contributed by atoms with van der Waals surface area (Å²) >= 11 is 5.90. The van der Waals surface area contributed by atoms with E-state index in [0.29, 0.717) is 5.02 Å². The molecule has 3 aromatic rings. The van der Waals surface area contributed by atoms with Crippen LogP contribution in [0.4, 0.5) is 16.2 Å². The Morgan fingerprint density at radius 1 is 1.06 bits per heavy atom. The molecule has 1 aliphatic heterocycles. The molecule has 2 heterocycles. The highest BCUT2D eigenvalue weighted by Gasteiger charge is 2.23. The number of methoxy groups -OCH3 is 1. The summed E-state index contributed by atoms with van der Waals surface area (Å²) in [7, 11) is 1.67. The zero-order valence-electron chi connectivity index (χ0n) is 18.3. The zero-order valence-corrected chi connectivity index (χ0v) is 19.0. The van der Waals surface area contributed by atoms with Gasteiger partial charge in [-0.3, -0.25) is 4.98 Å². The summed E-state index contributed by atoms with van der Waals surface area (Å²) in [6, 6.07) is 17.2. The molecule has 1 aromatic heterocycles. The maximum Gasteiger partial charge on any atom is 0.319 e. The van der Waals surface area contributed by atoms with Crippen molar-refractivity contribution in [2.45, 2.75) is 25.8 Å². The number of piperidine rings is 1. The van der Waals surface area contributed by atoms with Gasteiger partial charge in [-0.25, -0.2) is 4.79 Å². The number of nitrogens with one attached hydrogen (secondary N) is 2. The highest BCUT2D eigenvalue weighted by molar-refractivity contribution is 6.30. The Balaban J connectivity index is 1.40. The number of aryl methyl sites for hydroxylation is 1. The monoisotopic (exact) mass is 450 g/mol. The number of carbonyl (C=O) groups excluding carboxylic acids is 1. The van der Waals surface area contributed by atoms with Gasteiger partial charge >= 0.3 is 6.03 Å². The molecule has 0 spiro atoms. The van der Waals surface area contributed by atoms with Gasteiger partial charge in [0.25, 0.3) is 0 Å². The maximum absolute atomic E-state index is 12.4. The lowest BCUT2D eigenvalue weighted by Crippen LogP contribution is -2.46. The number of rotatable bonds is 5. The number of nitrogens with zero attached hydrogens (tertiary/aromatic N) is 2. The summed E-state index contributed by atoms with van der Waals surface area (Å²) in [4.78, 5) is 19.3. The van der Waals surface area contributed by atoms with Crippen LogP contribution < -0.4 is 20.3 Å². The lowest BCUT2D eigenvalue weighted by molar-refractivity contribution is 0.246. The standard InChI is InChI=1S/C25H27ClN4O2/c1-17-24(18-3-9-22(32-2)10-4-18)23(11-14-27-17)30-15-12-21(13-16-30)29-25(31)28-20-7-5-19(26)6-8-20/h3-11,14,21H,12-13,15-16H2,1-2H3,(H2,28,29,31). The first kappa shape index (κ1) is 22.0. The Morgan fingerprint density at radius 3 is 2.41 bits per heavy atom. The number of aromatic nitrogens is 1. The van der Waals surface area contributed by atoms with Gasteiger partial charge in [0.15, 0.2) is 0 Å². The summed E-state index contributed by atoms with van der Waals surface area (Å²) in [6.45, 7) is 3.76. The van der Waals surface area contributed by atoms with Crippen LogP contribution in [0.1, 0.15) is 18.5 Å². The topological polar surface area (TPSA) is 66.5 Å². The van der Waals surface area contributed by atoms with Crippen LogP contribution in [0.2, 0.25) is 5.02 Å². The predicted octanol–water partition coefficient (Wildman–Crippen LogP) is 5.51. The molecule has 6 nitrogen and oxygen atoms in total. The number of carbonyl (C=O) groups is 1. The molecule has 2 N–H and O–H groups in total. The smallest absolute Gasteiger partial charge is 0.319 e. The van der Waals surface area contributed by atoms with Crippen molar-refractivity contribution >= 4 is 29.0 Å². The van der Waals surface area contributed by atoms with Crippen LogP contribution in [0, 0.1) is 6.92 Å². The van der Waals surface area contributed by atoms with Crippen LogP contribution in [-0.4, -0.2) is 37.3 Å². The largest absolute Gasteiger partial charge is 0.497 e. The number of hydrogen-bond donors (Lipinski definition) is 2. The van der Waals surface area contributed by atoms with Crippen molar-refractivity contribution in [3.8, 4) is 16.9 Å². The zero-order chi connectivity index (χ0) is 22.5. The minimum absolute atomic E-state index is 0.130. The van der Waals surface area contributed by atoms with Gasteiger partial charge in [0, 0.05) is 53.0 Å². The molecular weight excluding hydrogens is 424 g/mol. The number of benzene rings is 2. The Bertz CT molecular complexity index is 1060. The molecule has 1 aliphatic rings. The predicted molar refractivity (Wildman–Crippen MR) is 130 cm³/mol. The van der Waals surface area contributed by atoms with Crippen molar-refractivity contribution in [3.05, 3.63) is 71.5 Å². The summed E-state index contributed by atoms with van der Waals surface area (Å²) in [5, 5.41) is 6.60. The van der Waals surface area contributed by atoms with Crippen molar-refractivity contribution in [2.24, 2.45) is 0 Å². The number of amides is 2. The first-order valence-corrected chi connectivity index (χ1v) is 11.1. The molecule has 0 aliphatic carbocycles. The third kappa shape index (κ3) is 5.14. The molecule has 32 heavy (non-hydrogen) atoms. The second-order valence-electron chi connectivity index (χ2n) is 7.89. The molecule has 2 aromatic carbocycles. The van der Waals surface area contributed by atoms with E-state index < -0.39 is 0 Å². The van der Waals surface area contributed by atoms with Gasteiger partial charge in [0.05, 0.1) is 7.11 Å². The normalized spacial score (nSPS) is 14.2. The van der Waals surface area contributed by atoms with Crippen molar-refractivity contribution in [3.63, 3.8) is 0 Å². The van der Waals surface area contributed by atoms with Crippen LogP contribution in [-0.2, 0) is 0 Å². The van der Waals surface area contributed by atoms with Gasteiger partial charge in [0.2, 0.25) is 0 Å². The first-order chi connectivity index (χ1) is 15.5. The van der Waals surface area contributed by atoms with E-state index in [-0.39, 0.29) is 12.1 Å². The molecule has 0 atom stereocenters. The molecule has 2 amide bonds. The molecule has 4 rings (SSSR count). The molecule has 0 radical (unpaired) electrons. The van der Waals surface area contributed by atoms with Crippen LogP contribution in [0.25, 0.3) is 11.1 Å². The van der Waals surface area contributed by atoms with E-state index in [1.165, 1.54) is 5.69 Å². The SMILES string of the molecule is COc1ccc(-c2c(N3CCC(NC(=O)Nc4ccc(Cl)cc4)CC3)ccnc2C)cc1. The van der Waals surface area contributed by atoms with E-state index in [1.54, 1.807) is 31.4 Å². The molecule has 166 valence electrons. The van der Waals surface area contributed by atoms with Crippen molar-refractivity contribution in [1.29, 1.82) is 0 Å². The van der Waals surface area contributed by atoms with Crippen molar-refractivity contribution in [2.75, 3.05) is 30.4 Å². The van der Waals surface area contributed by atoms with Gasteiger partial charge in [0.1, 0.15) is 5.75 Å². The Labute approximate surface area is 193 Å². The number of halogens is 1. The Morgan fingerprint density at radius 2 is 1.75 bits per heavy atom. The van der Waals surface area contributed by atoms with Gasteiger partial charge in [-0.05, 0) is 67.8 Å².